The molecule has 1 fully saturated rings. The molecule has 2 heterocycles. The summed E-state index contributed by atoms with van der Waals surface area (Å²) in [6.45, 7) is 6.42. The van der Waals surface area contributed by atoms with Gasteiger partial charge < -0.3 is 10.5 Å². The number of nitrogens with zero attached hydrogens (tertiary/aromatic N) is 1. The van der Waals surface area contributed by atoms with E-state index in [1.165, 1.54) is 17.5 Å². The molecule has 1 aromatic carbocycles. The number of likely N-dealkylation sites (tertiary alicyclic amines) is 1. The summed E-state index contributed by atoms with van der Waals surface area (Å²) in [6.07, 6.45) is 3.38. The lowest BCUT2D eigenvalue weighted by Gasteiger charge is -2.36. The summed E-state index contributed by atoms with van der Waals surface area (Å²) in [4.78, 5) is 2.55. The van der Waals surface area contributed by atoms with Crippen molar-refractivity contribution in [2.75, 3.05) is 19.7 Å². The fourth-order valence-electron chi connectivity index (χ4n) is 3.30. The fraction of sp³-hybridized carbons (Fsp3) is 0.625. The molecule has 3 nitrogen and oxygen atoms in total. The van der Waals surface area contributed by atoms with Gasteiger partial charge in [0.25, 0.3) is 0 Å². The van der Waals surface area contributed by atoms with Crippen LogP contribution in [0.2, 0.25) is 0 Å². The Bertz CT molecular complexity index is 446. The average molecular weight is 260 g/mol. The molecule has 3 heteroatoms. The van der Waals surface area contributed by atoms with E-state index in [-0.39, 0.29) is 0 Å². The van der Waals surface area contributed by atoms with E-state index in [0.717, 1.165) is 44.8 Å². The number of piperidine rings is 1. The molecule has 2 atom stereocenters. The molecule has 0 aromatic heterocycles. The van der Waals surface area contributed by atoms with Gasteiger partial charge in [-0.15, -0.1) is 0 Å². The molecule has 0 radical (unpaired) electrons. The van der Waals surface area contributed by atoms with Crippen molar-refractivity contribution in [2.24, 2.45) is 11.7 Å². The maximum Gasteiger partial charge on any atom is 0.122 e. The summed E-state index contributed by atoms with van der Waals surface area (Å²) in [5, 5.41) is 0. The molecule has 0 amide bonds. The highest BCUT2D eigenvalue weighted by Crippen LogP contribution is 2.27. The molecule has 19 heavy (non-hydrogen) atoms. The van der Waals surface area contributed by atoms with E-state index in [4.69, 9.17) is 10.5 Å². The van der Waals surface area contributed by atoms with Gasteiger partial charge in [0.05, 0.1) is 6.61 Å². The highest BCUT2D eigenvalue weighted by atomic mass is 16.5. The van der Waals surface area contributed by atoms with Gasteiger partial charge in [0.2, 0.25) is 0 Å². The standard InChI is InChI=1S/C16H24N2O/c1-2-13-11-18(7-5-15(13)17)10-12-3-4-16-14(9-12)6-8-19-16/h3-4,9,13,15H,2,5-8,10-11,17H2,1H3. The van der Waals surface area contributed by atoms with Crippen molar-refractivity contribution in [3.05, 3.63) is 29.3 Å². The number of rotatable bonds is 3. The Morgan fingerprint density at radius 2 is 2.32 bits per heavy atom. The summed E-state index contributed by atoms with van der Waals surface area (Å²) in [6, 6.07) is 7.05. The second kappa shape index (κ2) is 5.51. The second-order valence-corrected chi connectivity index (χ2v) is 5.90. The zero-order chi connectivity index (χ0) is 13.2. The van der Waals surface area contributed by atoms with Crippen molar-refractivity contribution in [2.45, 2.75) is 38.8 Å². The molecule has 0 aliphatic carbocycles. The minimum absolute atomic E-state index is 0.398. The first-order chi connectivity index (χ1) is 9.26. The first kappa shape index (κ1) is 12.9. The topological polar surface area (TPSA) is 38.5 Å². The summed E-state index contributed by atoms with van der Waals surface area (Å²) < 4.78 is 5.56. The second-order valence-electron chi connectivity index (χ2n) is 5.90. The summed E-state index contributed by atoms with van der Waals surface area (Å²) in [7, 11) is 0. The number of ether oxygens (including phenoxy) is 1. The Balaban J connectivity index is 1.65. The van der Waals surface area contributed by atoms with Gasteiger partial charge in [-0.3, -0.25) is 4.90 Å². The van der Waals surface area contributed by atoms with Gasteiger partial charge in [0.15, 0.2) is 0 Å². The average Bonchev–Trinajstić information content (AvgIpc) is 2.88. The van der Waals surface area contributed by atoms with Crippen molar-refractivity contribution in [3.8, 4) is 5.75 Å². The third-order valence-electron chi connectivity index (χ3n) is 4.56. The normalized spacial score (nSPS) is 27.1. The van der Waals surface area contributed by atoms with Crippen molar-refractivity contribution < 1.29 is 4.74 Å². The zero-order valence-electron chi connectivity index (χ0n) is 11.8. The van der Waals surface area contributed by atoms with Gasteiger partial charge in [-0.05, 0) is 36.1 Å². The molecule has 2 N–H and O–H groups in total. The monoisotopic (exact) mass is 260 g/mol. The van der Waals surface area contributed by atoms with Gasteiger partial charge in [-0.2, -0.15) is 0 Å². The first-order valence-electron chi connectivity index (χ1n) is 7.49. The molecule has 2 aliphatic rings. The minimum Gasteiger partial charge on any atom is -0.493 e. The molecule has 1 aromatic rings. The third-order valence-corrected chi connectivity index (χ3v) is 4.56. The Morgan fingerprint density at radius 1 is 1.42 bits per heavy atom. The molecule has 1 saturated heterocycles. The van der Waals surface area contributed by atoms with E-state index in [0.29, 0.717) is 12.0 Å². The molecule has 3 rings (SSSR count). The van der Waals surface area contributed by atoms with Crippen LogP contribution in [0.15, 0.2) is 18.2 Å². The molecular weight excluding hydrogens is 236 g/mol. The Labute approximate surface area is 115 Å². The lowest BCUT2D eigenvalue weighted by Crippen LogP contribution is -2.46. The minimum atomic E-state index is 0.398. The maximum absolute atomic E-state index is 6.18. The summed E-state index contributed by atoms with van der Waals surface area (Å²) in [5.41, 5.74) is 8.96. The molecule has 2 unspecified atom stereocenters. The molecule has 104 valence electrons. The number of nitrogens with two attached hydrogens (primary N) is 1. The molecule has 0 bridgehead atoms. The van der Waals surface area contributed by atoms with Crippen LogP contribution in [0.1, 0.15) is 30.9 Å². The van der Waals surface area contributed by atoms with E-state index in [1.807, 2.05) is 0 Å². The number of benzene rings is 1. The quantitative estimate of drug-likeness (QED) is 0.905. The molecular formula is C16H24N2O. The summed E-state index contributed by atoms with van der Waals surface area (Å²) >= 11 is 0. The lowest BCUT2D eigenvalue weighted by molar-refractivity contribution is 0.145. The van der Waals surface area contributed by atoms with Crippen molar-refractivity contribution in [1.29, 1.82) is 0 Å². The van der Waals surface area contributed by atoms with Crippen molar-refractivity contribution in [3.63, 3.8) is 0 Å². The highest BCUT2D eigenvalue weighted by Gasteiger charge is 2.25. The first-order valence-corrected chi connectivity index (χ1v) is 7.49. The van der Waals surface area contributed by atoms with Crippen LogP contribution in [0.4, 0.5) is 0 Å². The molecule has 0 saturated carbocycles. The van der Waals surface area contributed by atoms with Crippen LogP contribution < -0.4 is 10.5 Å². The molecule has 0 spiro atoms. The van der Waals surface area contributed by atoms with E-state index >= 15 is 0 Å². The van der Waals surface area contributed by atoms with Gasteiger partial charge in [0.1, 0.15) is 5.75 Å². The van der Waals surface area contributed by atoms with Gasteiger partial charge >= 0.3 is 0 Å². The zero-order valence-corrected chi connectivity index (χ0v) is 11.8. The largest absolute Gasteiger partial charge is 0.493 e. The van der Waals surface area contributed by atoms with Gasteiger partial charge in [0, 0.05) is 25.6 Å². The lowest BCUT2D eigenvalue weighted by atomic mass is 9.90. The Morgan fingerprint density at radius 3 is 3.16 bits per heavy atom. The van der Waals surface area contributed by atoms with Crippen LogP contribution >= 0.6 is 0 Å². The Kier molecular flexibility index (Phi) is 3.76. The Hall–Kier alpha value is -1.06. The summed E-state index contributed by atoms with van der Waals surface area (Å²) in [5.74, 6) is 1.74. The maximum atomic E-state index is 6.18. The van der Waals surface area contributed by atoms with Crippen LogP contribution in [0, 0.1) is 5.92 Å². The SMILES string of the molecule is CCC1CN(Cc2ccc3c(c2)CCO3)CCC1N. The van der Waals surface area contributed by atoms with Crippen LogP contribution in [-0.4, -0.2) is 30.6 Å². The van der Waals surface area contributed by atoms with Crippen LogP contribution in [0.3, 0.4) is 0 Å². The van der Waals surface area contributed by atoms with Gasteiger partial charge in [-0.25, -0.2) is 0 Å². The van der Waals surface area contributed by atoms with E-state index in [2.05, 4.69) is 30.0 Å². The highest BCUT2D eigenvalue weighted by molar-refractivity contribution is 5.39. The number of hydrogen-bond donors (Lipinski definition) is 1. The van der Waals surface area contributed by atoms with Crippen molar-refractivity contribution in [1.82, 2.24) is 4.90 Å². The fourth-order valence-corrected chi connectivity index (χ4v) is 3.30. The van der Waals surface area contributed by atoms with E-state index in [1.54, 1.807) is 0 Å². The van der Waals surface area contributed by atoms with Gasteiger partial charge in [-0.1, -0.05) is 25.5 Å². The van der Waals surface area contributed by atoms with E-state index in [9.17, 15) is 0 Å². The third kappa shape index (κ3) is 2.77. The van der Waals surface area contributed by atoms with Crippen LogP contribution in [-0.2, 0) is 13.0 Å². The predicted octanol–water partition coefficient (Wildman–Crippen LogP) is 2.18. The van der Waals surface area contributed by atoms with Crippen LogP contribution in [0.25, 0.3) is 0 Å². The molecule has 2 aliphatic heterocycles. The predicted molar refractivity (Wildman–Crippen MR) is 77.3 cm³/mol. The number of fused-ring (bicyclic) bond motifs is 1. The van der Waals surface area contributed by atoms with E-state index < -0.39 is 0 Å². The van der Waals surface area contributed by atoms with Crippen LogP contribution in [0.5, 0.6) is 5.75 Å². The number of hydrogen-bond acceptors (Lipinski definition) is 3. The van der Waals surface area contributed by atoms with Crippen molar-refractivity contribution >= 4 is 0 Å². The smallest absolute Gasteiger partial charge is 0.122 e.